The third kappa shape index (κ3) is 3.31. The third-order valence-corrected chi connectivity index (χ3v) is 4.63. The number of anilines is 1. The Morgan fingerprint density at radius 3 is 2.57 bits per heavy atom. The Hall–Kier alpha value is -2.49. The van der Waals surface area contributed by atoms with Crippen LogP contribution in [0.3, 0.4) is 0 Å². The van der Waals surface area contributed by atoms with Crippen LogP contribution in [0.25, 0.3) is 0 Å². The molecular formula is C13H13F2N3O4S. The lowest BCUT2D eigenvalue weighted by molar-refractivity contribution is 0.0696. The van der Waals surface area contributed by atoms with E-state index in [4.69, 9.17) is 5.11 Å². The minimum atomic E-state index is -4.26. The zero-order valence-corrected chi connectivity index (χ0v) is 12.9. The number of nitrogens with one attached hydrogen (secondary N) is 2. The van der Waals surface area contributed by atoms with Crippen molar-refractivity contribution in [3.05, 3.63) is 40.7 Å². The molecule has 0 spiro atoms. The molecule has 2 rings (SSSR count). The number of sulfonamides is 1. The summed E-state index contributed by atoms with van der Waals surface area (Å²) in [5.74, 6) is -1.30. The molecule has 1 aromatic heterocycles. The van der Waals surface area contributed by atoms with Crippen LogP contribution < -0.4 is 4.72 Å². The zero-order valence-electron chi connectivity index (χ0n) is 12.1. The Labute approximate surface area is 130 Å². The number of alkyl halides is 2. The van der Waals surface area contributed by atoms with Crippen molar-refractivity contribution in [1.82, 2.24) is 10.2 Å². The number of H-pyrrole nitrogens is 1. The maximum Gasteiger partial charge on any atom is 0.335 e. The van der Waals surface area contributed by atoms with Gasteiger partial charge in [-0.25, -0.2) is 22.0 Å². The fourth-order valence-electron chi connectivity index (χ4n) is 1.95. The highest BCUT2D eigenvalue weighted by Gasteiger charge is 2.25. The predicted molar refractivity (Wildman–Crippen MR) is 77.2 cm³/mol. The molecule has 23 heavy (non-hydrogen) atoms. The summed E-state index contributed by atoms with van der Waals surface area (Å²) < 4.78 is 52.7. The highest BCUT2D eigenvalue weighted by atomic mass is 32.2. The van der Waals surface area contributed by atoms with E-state index >= 15 is 0 Å². The topological polar surface area (TPSA) is 112 Å². The van der Waals surface area contributed by atoms with E-state index in [2.05, 4.69) is 10.2 Å². The van der Waals surface area contributed by atoms with Crippen LogP contribution in [0.15, 0.2) is 23.1 Å². The third-order valence-electron chi connectivity index (χ3n) is 3.14. The molecule has 124 valence electrons. The molecule has 0 aliphatic heterocycles. The smallest absolute Gasteiger partial charge is 0.335 e. The number of aryl methyl sites for hydroxylation is 2. The molecule has 10 heteroatoms. The van der Waals surface area contributed by atoms with Crippen LogP contribution in [-0.4, -0.2) is 29.7 Å². The van der Waals surface area contributed by atoms with E-state index in [1.807, 2.05) is 4.72 Å². The second-order valence-electron chi connectivity index (χ2n) is 4.80. The summed E-state index contributed by atoms with van der Waals surface area (Å²) in [5, 5.41) is 14.6. The largest absolute Gasteiger partial charge is 0.478 e. The Morgan fingerprint density at radius 2 is 2.00 bits per heavy atom. The average molecular weight is 345 g/mol. The van der Waals surface area contributed by atoms with Crippen molar-refractivity contribution < 1.29 is 27.1 Å². The minimum absolute atomic E-state index is 0.121. The summed E-state index contributed by atoms with van der Waals surface area (Å²) in [6.07, 6.45) is -2.97. The molecule has 0 unspecified atom stereocenters. The number of nitrogens with zero attached hydrogens (tertiary/aromatic N) is 1. The number of hydrogen-bond acceptors (Lipinski definition) is 4. The van der Waals surface area contributed by atoms with Gasteiger partial charge in [0, 0.05) is 0 Å². The first-order chi connectivity index (χ1) is 10.6. The molecule has 0 aliphatic rings. The van der Waals surface area contributed by atoms with E-state index in [-0.39, 0.29) is 27.4 Å². The molecule has 1 heterocycles. The SMILES string of the molecule is Cc1ccc(C(=O)O)cc1S(=O)(=O)Nc1c(C(F)F)n[nH]c1C. The van der Waals surface area contributed by atoms with Crippen LogP contribution in [0, 0.1) is 13.8 Å². The van der Waals surface area contributed by atoms with Gasteiger partial charge in [0.15, 0.2) is 5.69 Å². The summed E-state index contributed by atoms with van der Waals surface area (Å²) in [4.78, 5) is 10.7. The van der Waals surface area contributed by atoms with Crippen molar-refractivity contribution >= 4 is 21.7 Å². The fraction of sp³-hybridized carbons (Fsp3) is 0.231. The van der Waals surface area contributed by atoms with Crippen molar-refractivity contribution in [2.75, 3.05) is 4.72 Å². The first-order valence-electron chi connectivity index (χ1n) is 6.33. The van der Waals surface area contributed by atoms with Gasteiger partial charge in [-0.1, -0.05) is 6.07 Å². The minimum Gasteiger partial charge on any atom is -0.478 e. The molecule has 0 saturated heterocycles. The Morgan fingerprint density at radius 1 is 1.35 bits per heavy atom. The normalized spacial score (nSPS) is 11.7. The molecule has 0 radical (unpaired) electrons. The molecule has 2 aromatic rings. The van der Waals surface area contributed by atoms with Crippen molar-refractivity contribution in [3.63, 3.8) is 0 Å². The Bertz CT molecular complexity index is 862. The van der Waals surface area contributed by atoms with Crippen LogP contribution in [0.5, 0.6) is 0 Å². The number of hydrogen-bond donors (Lipinski definition) is 3. The maximum absolute atomic E-state index is 12.9. The number of aromatic carboxylic acids is 1. The van der Waals surface area contributed by atoms with Gasteiger partial charge >= 0.3 is 5.97 Å². The molecule has 3 N–H and O–H groups in total. The number of carboxylic acid groups (broad SMARTS) is 1. The molecular weight excluding hydrogens is 332 g/mol. The van der Waals surface area contributed by atoms with Crippen LogP contribution in [-0.2, 0) is 10.0 Å². The standard InChI is InChI=1S/C13H13F2N3O4S/c1-6-3-4-8(13(19)20)5-9(6)23(21,22)18-10-7(2)16-17-11(10)12(14)15/h3-5,12,18H,1-2H3,(H,16,17)(H,19,20). The van der Waals surface area contributed by atoms with Crippen molar-refractivity contribution in [2.24, 2.45) is 0 Å². The zero-order chi connectivity index (χ0) is 17.4. The lowest BCUT2D eigenvalue weighted by Gasteiger charge is -2.11. The number of aromatic nitrogens is 2. The first kappa shape index (κ1) is 16.9. The summed E-state index contributed by atoms with van der Waals surface area (Å²) in [6.45, 7) is 2.85. The highest BCUT2D eigenvalue weighted by Crippen LogP contribution is 2.30. The second-order valence-corrected chi connectivity index (χ2v) is 6.45. The molecule has 1 aromatic carbocycles. The van der Waals surface area contributed by atoms with E-state index in [0.29, 0.717) is 0 Å². The molecule has 0 saturated carbocycles. The number of carboxylic acids is 1. The molecule has 7 nitrogen and oxygen atoms in total. The number of carbonyl (C=O) groups is 1. The summed E-state index contributed by atoms with van der Waals surface area (Å²) in [5.41, 5.74) is -0.898. The monoisotopic (exact) mass is 345 g/mol. The van der Waals surface area contributed by atoms with Crippen LogP contribution in [0.4, 0.5) is 14.5 Å². The van der Waals surface area contributed by atoms with Gasteiger partial charge in [0.1, 0.15) is 0 Å². The number of rotatable bonds is 5. The quantitative estimate of drug-likeness (QED) is 0.770. The van der Waals surface area contributed by atoms with Gasteiger partial charge in [-0.3, -0.25) is 9.82 Å². The first-order valence-corrected chi connectivity index (χ1v) is 7.81. The second kappa shape index (κ2) is 5.95. The van der Waals surface area contributed by atoms with E-state index in [1.165, 1.54) is 26.0 Å². The molecule has 0 fully saturated rings. The Kier molecular flexibility index (Phi) is 4.37. The average Bonchev–Trinajstić information content (AvgIpc) is 2.79. The van der Waals surface area contributed by atoms with Gasteiger partial charge in [-0.2, -0.15) is 5.10 Å². The number of halogens is 2. The van der Waals surface area contributed by atoms with Crippen LogP contribution >= 0.6 is 0 Å². The van der Waals surface area contributed by atoms with E-state index in [1.54, 1.807) is 0 Å². The number of aromatic amines is 1. The van der Waals surface area contributed by atoms with E-state index in [9.17, 15) is 22.0 Å². The van der Waals surface area contributed by atoms with Crippen LogP contribution in [0.1, 0.15) is 33.7 Å². The molecule has 0 amide bonds. The molecule has 0 aliphatic carbocycles. The summed E-state index contributed by atoms with van der Waals surface area (Å²) in [6, 6.07) is 3.55. The maximum atomic E-state index is 12.9. The summed E-state index contributed by atoms with van der Waals surface area (Å²) in [7, 11) is -4.26. The van der Waals surface area contributed by atoms with Gasteiger partial charge in [-0.05, 0) is 31.5 Å². The predicted octanol–water partition coefficient (Wildman–Crippen LogP) is 2.46. The molecule has 0 atom stereocenters. The fourth-order valence-corrected chi connectivity index (χ4v) is 3.36. The highest BCUT2D eigenvalue weighted by molar-refractivity contribution is 7.92. The van der Waals surface area contributed by atoms with Gasteiger partial charge in [0.05, 0.1) is 21.8 Å². The van der Waals surface area contributed by atoms with Gasteiger partial charge in [-0.15, -0.1) is 0 Å². The lowest BCUT2D eigenvalue weighted by Crippen LogP contribution is -2.16. The van der Waals surface area contributed by atoms with Crippen molar-refractivity contribution in [1.29, 1.82) is 0 Å². The summed E-state index contributed by atoms with van der Waals surface area (Å²) >= 11 is 0. The molecule has 0 bridgehead atoms. The van der Waals surface area contributed by atoms with Crippen molar-refractivity contribution in [3.8, 4) is 0 Å². The van der Waals surface area contributed by atoms with Gasteiger partial charge in [0.2, 0.25) is 0 Å². The van der Waals surface area contributed by atoms with Gasteiger partial charge in [0.25, 0.3) is 16.4 Å². The Balaban J connectivity index is 2.50. The van der Waals surface area contributed by atoms with E-state index < -0.39 is 28.1 Å². The van der Waals surface area contributed by atoms with Gasteiger partial charge < -0.3 is 5.11 Å². The lowest BCUT2D eigenvalue weighted by atomic mass is 10.1. The number of benzene rings is 1. The van der Waals surface area contributed by atoms with Crippen LogP contribution in [0.2, 0.25) is 0 Å². The van der Waals surface area contributed by atoms with E-state index in [0.717, 1.165) is 6.07 Å². The van der Waals surface area contributed by atoms with Crippen molar-refractivity contribution in [2.45, 2.75) is 25.2 Å².